The van der Waals surface area contributed by atoms with E-state index in [1.807, 2.05) is 18.3 Å². The van der Waals surface area contributed by atoms with Gasteiger partial charge in [0.05, 0.1) is 5.69 Å². The highest BCUT2D eigenvalue weighted by atomic mass is 15.2. The Morgan fingerprint density at radius 3 is 2.64 bits per heavy atom. The van der Waals surface area contributed by atoms with Crippen molar-refractivity contribution in [3.63, 3.8) is 0 Å². The van der Waals surface area contributed by atoms with Crippen molar-refractivity contribution in [1.82, 2.24) is 10.2 Å². The number of nitrogens with one attached hydrogen (secondary N) is 1. The first-order valence-corrected chi connectivity index (χ1v) is 4.89. The van der Waals surface area contributed by atoms with Crippen LogP contribution in [-0.4, -0.2) is 10.2 Å². The second kappa shape index (κ2) is 4.05. The molecule has 4 heteroatoms. The third-order valence-corrected chi connectivity index (χ3v) is 2.64. The van der Waals surface area contributed by atoms with Gasteiger partial charge >= 0.3 is 0 Å². The van der Waals surface area contributed by atoms with Gasteiger partial charge in [-0.05, 0) is 25.0 Å². The van der Waals surface area contributed by atoms with Crippen molar-refractivity contribution in [2.45, 2.75) is 31.6 Å². The Labute approximate surface area is 83.0 Å². The first-order chi connectivity index (χ1) is 6.90. The van der Waals surface area contributed by atoms with Crippen LogP contribution in [0.25, 0.3) is 0 Å². The van der Waals surface area contributed by atoms with E-state index in [1.54, 1.807) is 0 Å². The Bertz CT molecular complexity index is 332. The summed E-state index contributed by atoms with van der Waals surface area (Å²) in [6, 6.07) is 3.77. The topological polar surface area (TPSA) is 61.6 Å². The molecule has 72 valence electrons. The Hall–Kier alpha value is -1.63. The molecule has 1 N–H and O–H groups in total. The standard InChI is InChI=1S/C10H12N4/c11-7-12-10-6-5-9(13-14-10)8-3-1-2-4-8/h5-6,8H,1-4H2,(H,12,14). The molecule has 0 unspecified atom stereocenters. The van der Waals surface area contributed by atoms with Gasteiger partial charge in [0, 0.05) is 5.92 Å². The average molecular weight is 188 g/mol. The van der Waals surface area contributed by atoms with E-state index in [2.05, 4.69) is 15.5 Å². The molecule has 1 aromatic rings. The lowest BCUT2D eigenvalue weighted by Crippen LogP contribution is -2.00. The van der Waals surface area contributed by atoms with Gasteiger partial charge in [-0.15, -0.1) is 5.10 Å². The minimum atomic E-state index is 0.522. The summed E-state index contributed by atoms with van der Waals surface area (Å²) < 4.78 is 0. The fourth-order valence-electron chi connectivity index (χ4n) is 1.91. The van der Waals surface area contributed by atoms with Crippen molar-refractivity contribution in [3.05, 3.63) is 17.8 Å². The molecule has 1 aromatic heterocycles. The normalized spacial score (nSPS) is 16.5. The Morgan fingerprint density at radius 1 is 1.29 bits per heavy atom. The van der Waals surface area contributed by atoms with Crippen LogP contribution in [-0.2, 0) is 0 Å². The van der Waals surface area contributed by atoms with E-state index in [9.17, 15) is 0 Å². The maximum atomic E-state index is 8.37. The summed E-state index contributed by atoms with van der Waals surface area (Å²) in [4.78, 5) is 0. The zero-order valence-electron chi connectivity index (χ0n) is 7.90. The van der Waals surface area contributed by atoms with E-state index in [0.717, 1.165) is 5.69 Å². The Morgan fingerprint density at radius 2 is 2.07 bits per heavy atom. The van der Waals surface area contributed by atoms with Gasteiger partial charge in [-0.1, -0.05) is 12.8 Å². The molecule has 0 atom stereocenters. The van der Waals surface area contributed by atoms with Crippen molar-refractivity contribution in [2.75, 3.05) is 5.32 Å². The van der Waals surface area contributed by atoms with Crippen LogP contribution >= 0.6 is 0 Å². The van der Waals surface area contributed by atoms with Crippen LogP contribution in [0.2, 0.25) is 0 Å². The smallest absolute Gasteiger partial charge is 0.182 e. The van der Waals surface area contributed by atoms with Gasteiger partial charge in [0.15, 0.2) is 12.0 Å². The summed E-state index contributed by atoms with van der Waals surface area (Å²) in [5.74, 6) is 1.10. The molecule has 0 aliphatic heterocycles. The molecular formula is C10H12N4. The van der Waals surface area contributed by atoms with E-state index in [0.29, 0.717) is 11.7 Å². The maximum Gasteiger partial charge on any atom is 0.182 e. The SMILES string of the molecule is N#CNc1ccc(C2CCCC2)nn1. The van der Waals surface area contributed by atoms with Gasteiger partial charge in [0.2, 0.25) is 0 Å². The first kappa shape index (κ1) is 8.95. The van der Waals surface area contributed by atoms with E-state index >= 15 is 0 Å². The lowest BCUT2D eigenvalue weighted by Gasteiger charge is -2.06. The van der Waals surface area contributed by atoms with Crippen molar-refractivity contribution in [3.8, 4) is 6.19 Å². The molecule has 0 saturated heterocycles. The van der Waals surface area contributed by atoms with Crippen molar-refractivity contribution in [2.24, 2.45) is 0 Å². The third-order valence-electron chi connectivity index (χ3n) is 2.64. The lowest BCUT2D eigenvalue weighted by molar-refractivity contribution is 0.681. The van der Waals surface area contributed by atoms with E-state index in [-0.39, 0.29) is 0 Å². The second-order valence-corrected chi connectivity index (χ2v) is 3.56. The quantitative estimate of drug-likeness (QED) is 0.569. The number of anilines is 1. The third kappa shape index (κ3) is 1.82. The number of hydrogen-bond donors (Lipinski definition) is 1. The molecule has 1 fully saturated rings. The minimum absolute atomic E-state index is 0.522. The van der Waals surface area contributed by atoms with Crippen LogP contribution in [0.1, 0.15) is 37.3 Å². The summed E-state index contributed by atoms with van der Waals surface area (Å²) in [5, 5.41) is 18.9. The molecule has 0 radical (unpaired) electrons. The Kier molecular flexibility index (Phi) is 2.59. The van der Waals surface area contributed by atoms with E-state index < -0.39 is 0 Å². The number of aromatic nitrogens is 2. The lowest BCUT2D eigenvalue weighted by atomic mass is 10.0. The highest BCUT2D eigenvalue weighted by Gasteiger charge is 2.18. The van der Waals surface area contributed by atoms with Gasteiger partial charge in [-0.3, -0.25) is 5.32 Å². The molecule has 1 aliphatic rings. The predicted octanol–water partition coefficient (Wildman–Crippen LogP) is 2.03. The van der Waals surface area contributed by atoms with Crippen molar-refractivity contribution < 1.29 is 0 Å². The molecule has 0 spiro atoms. The molecule has 0 amide bonds. The molecule has 0 aromatic carbocycles. The highest BCUT2D eigenvalue weighted by Crippen LogP contribution is 2.32. The zero-order chi connectivity index (χ0) is 9.80. The van der Waals surface area contributed by atoms with Crippen LogP contribution in [0.4, 0.5) is 5.82 Å². The van der Waals surface area contributed by atoms with Gasteiger partial charge < -0.3 is 0 Å². The van der Waals surface area contributed by atoms with Crippen molar-refractivity contribution >= 4 is 5.82 Å². The van der Waals surface area contributed by atoms with Crippen LogP contribution in [0.3, 0.4) is 0 Å². The van der Waals surface area contributed by atoms with Crippen LogP contribution in [0.15, 0.2) is 12.1 Å². The maximum absolute atomic E-state index is 8.37. The number of nitriles is 1. The summed E-state index contributed by atoms with van der Waals surface area (Å²) >= 11 is 0. The molecule has 14 heavy (non-hydrogen) atoms. The zero-order valence-corrected chi connectivity index (χ0v) is 7.90. The number of rotatable bonds is 2. The fraction of sp³-hybridized carbons (Fsp3) is 0.500. The highest BCUT2D eigenvalue weighted by molar-refractivity contribution is 5.37. The number of hydrogen-bond acceptors (Lipinski definition) is 4. The van der Waals surface area contributed by atoms with Gasteiger partial charge in [-0.2, -0.15) is 10.4 Å². The first-order valence-electron chi connectivity index (χ1n) is 4.89. The van der Waals surface area contributed by atoms with E-state index in [4.69, 9.17) is 5.26 Å². The summed E-state index contributed by atoms with van der Waals surface area (Å²) in [7, 11) is 0. The molecule has 1 heterocycles. The molecular weight excluding hydrogens is 176 g/mol. The van der Waals surface area contributed by atoms with Crippen molar-refractivity contribution in [1.29, 1.82) is 5.26 Å². The number of nitrogens with zero attached hydrogens (tertiary/aromatic N) is 3. The van der Waals surface area contributed by atoms with Gasteiger partial charge in [0.25, 0.3) is 0 Å². The van der Waals surface area contributed by atoms with Gasteiger partial charge in [0.1, 0.15) is 0 Å². The largest absolute Gasteiger partial charge is 0.275 e. The summed E-state index contributed by atoms with van der Waals surface area (Å²) in [5.41, 5.74) is 1.06. The molecule has 2 rings (SSSR count). The molecule has 1 aliphatic carbocycles. The molecule has 4 nitrogen and oxygen atoms in total. The van der Waals surface area contributed by atoms with Crippen LogP contribution < -0.4 is 5.32 Å². The van der Waals surface area contributed by atoms with E-state index in [1.165, 1.54) is 25.7 Å². The Balaban J connectivity index is 2.09. The minimum Gasteiger partial charge on any atom is -0.275 e. The van der Waals surface area contributed by atoms with Gasteiger partial charge in [-0.25, -0.2) is 0 Å². The average Bonchev–Trinajstić information content (AvgIpc) is 2.72. The molecule has 1 saturated carbocycles. The van der Waals surface area contributed by atoms with Crippen LogP contribution in [0, 0.1) is 11.5 Å². The fourth-order valence-corrected chi connectivity index (χ4v) is 1.91. The summed E-state index contributed by atoms with van der Waals surface area (Å²) in [6.45, 7) is 0. The monoisotopic (exact) mass is 188 g/mol. The predicted molar refractivity (Wildman–Crippen MR) is 52.5 cm³/mol. The molecule has 0 bridgehead atoms. The second-order valence-electron chi connectivity index (χ2n) is 3.56. The van der Waals surface area contributed by atoms with Crippen LogP contribution in [0.5, 0.6) is 0 Å². The summed E-state index contributed by atoms with van der Waals surface area (Å²) in [6.07, 6.45) is 6.86.